The van der Waals surface area contributed by atoms with Gasteiger partial charge in [-0.1, -0.05) is 24.3 Å². The van der Waals surface area contributed by atoms with E-state index in [4.69, 9.17) is 40.4 Å². The van der Waals surface area contributed by atoms with Gasteiger partial charge in [-0.25, -0.2) is 9.97 Å². The van der Waals surface area contributed by atoms with E-state index in [0.29, 0.717) is 34.0 Å². The van der Waals surface area contributed by atoms with Gasteiger partial charge in [0.05, 0.1) is 12.8 Å². The molecule has 2 aromatic heterocycles. The summed E-state index contributed by atoms with van der Waals surface area (Å²) in [5.41, 5.74) is 13.5. The molecule has 0 bridgehead atoms. The van der Waals surface area contributed by atoms with E-state index in [0.717, 1.165) is 6.92 Å². The van der Waals surface area contributed by atoms with Crippen LogP contribution in [0, 0.1) is 0 Å². The van der Waals surface area contributed by atoms with E-state index >= 15 is 0 Å². The van der Waals surface area contributed by atoms with Gasteiger partial charge in [-0.15, -0.1) is 0 Å². The van der Waals surface area contributed by atoms with Gasteiger partial charge in [0.25, 0.3) is 5.97 Å². The standard InChI is InChI=1S/2C10H10N2O3.C2H4O2/c2*11-6(10(13)14)5-9-12-7-3-1-2-4-8(7)15-9;1-2(3)4/h2*1-4,6H,5,11H2,(H,13,14);1H3,(H,3,4)/t2*6-;/m11./s1. The number of carboxylic acid groups (broad SMARTS) is 3. The number of aromatic nitrogens is 2. The molecule has 0 saturated heterocycles. The molecule has 2 atom stereocenters. The third-order valence-electron chi connectivity index (χ3n) is 4.10. The maximum Gasteiger partial charge on any atom is 0.321 e. The zero-order valence-corrected chi connectivity index (χ0v) is 18.1. The lowest BCUT2D eigenvalue weighted by Gasteiger charge is -2.00. The normalized spacial score (nSPS) is 12.1. The summed E-state index contributed by atoms with van der Waals surface area (Å²) in [5.74, 6) is -2.24. The molecule has 0 aliphatic heterocycles. The van der Waals surface area contributed by atoms with Gasteiger partial charge in [0.2, 0.25) is 0 Å². The number of oxazole rings is 2. The molecule has 34 heavy (non-hydrogen) atoms. The number of nitrogens with two attached hydrogens (primary N) is 2. The van der Waals surface area contributed by atoms with Gasteiger partial charge in [0, 0.05) is 6.92 Å². The van der Waals surface area contributed by atoms with Crippen LogP contribution in [0.25, 0.3) is 22.2 Å². The molecule has 0 fully saturated rings. The first-order chi connectivity index (χ1) is 16.1. The van der Waals surface area contributed by atoms with Crippen LogP contribution in [0.1, 0.15) is 18.7 Å². The molecular formula is C22H24N4O8. The highest BCUT2D eigenvalue weighted by molar-refractivity contribution is 5.75. The van der Waals surface area contributed by atoms with E-state index in [1.165, 1.54) is 0 Å². The van der Waals surface area contributed by atoms with Crippen molar-refractivity contribution >= 4 is 40.1 Å². The summed E-state index contributed by atoms with van der Waals surface area (Å²) in [6.45, 7) is 1.08. The van der Waals surface area contributed by atoms with Gasteiger partial charge in [-0.05, 0) is 24.3 Å². The fraction of sp³-hybridized carbons (Fsp3) is 0.227. The van der Waals surface area contributed by atoms with E-state index in [2.05, 4.69) is 9.97 Å². The quantitative estimate of drug-likeness (QED) is 0.271. The summed E-state index contributed by atoms with van der Waals surface area (Å²) in [4.78, 5) is 38.3. The molecule has 0 aliphatic rings. The molecule has 0 amide bonds. The van der Waals surface area contributed by atoms with Crippen molar-refractivity contribution in [3.63, 3.8) is 0 Å². The lowest BCUT2D eigenvalue weighted by Crippen LogP contribution is -2.32. The zero-order chi connectivity index (χ0) is 25.3. The van der Waals surface area contributed by atoms with E-state index in [1.807, 2.05) is 24.3 Å². The summed E-state index contributed by atoms with van der Waals surface area (Å²) >= 11 is 0. The predicted molar refractivity (Wildman–Crippen MR) is 120 cm³/mol. The first kappa shape index (κ1) is 26.0. The first-order valence-electron chi connectivity index (χ1n) is 9.92. The van der Waals surface area contributed by atoms with Gasteiger partial charge in [-0.2, -0.15) is 0 Å². The van der Waals surface area contributed by atoms with Crippen molar-refractivity contribution in [3.8, 4) is 0 Å². The van der Waals surface area contributed by atoms with E-state index in [9.17, 15) is 9.59 Å². The highest BCUT2D eigenvalue weighted by atomic mass is 16.4. The average Bonchev–Trinajstić information content (AvgIpc) is 3.36. The zero-order valence-electron chi connectivity index (χ0n) is 18.1. The number of carbonyl (C=O) groups is 3. The highest BCUT2D eigenvalue weighted by Gasteiger charge is 2.17. The summed E-state index contributed by atoms with van der Waals surface area (Å²) in [6, 6.07) is 12.5. The first-order valence-corrected chi connectivity index (χ1v) is 9.92. The smallest absolute Gasteiger partial charge is 0.321 e. The molecule has 4 aromatic rings. The maximum atomic E-state index is 10.5. The molecule has 180 valence electrons. The molecule has 0 saturated carbocycles. The molecule has 12 nitrogen and oxygen atoms in total. The molecular weight excluding hydrogens is 448 g/mol. The molecule has 4 rings (SSSR count). The van der Waals surface area contributed by atoms with Crippen molar-refractivity contribution in [2.75, 3.05) is 0 Å². The lowest BCUT2D eigenvalue weighted by atomic mass is 10.2. The third-order valence-corrected chi connectivity index (χ3v) is 4.10. The number of fused-ring (bicyclic) bond motifs is 2. The Morgan fingerprint density at radius 1 is 0.765 bits per heavy atom. The van der Waals surface area contributed by atoms with Crippen LogP contribution in [0.5, 0.6) is 0 Å². The molecule has 0 aliphatic carbocycles. The minimum atomic E-state index is -1.06. The number of carboxylic acids is 3. The minimum Gasteiger partial charge on any atom is -0.481 e. The Hall–Kier alpha value is -4.29. The maximum absolute atomic E-state index is 10.5. The Labute approximate surface area is 192 Å². The van der Waals surface area contributed by atoms with Crippen LogP contribution in [0.2, 0.25) is 0 Å². The van der Waals surface area contributed by atoms with E-state index in [1.54, 1.807) is 24.3 Å². The molecule has 2 heterocycles. The van der Waals surface area contributed by atoms with E-state index < -0.39 is 30.0 Å². The Morgan fingerprint density at radius 2 is 1.09 bits per heavy atom. The molecule has 2 aromatic carbocycles. The summed E-state index contributed by atoms with van der Waals surface area (Å²) in [6.07, 6.45) is 0.202. The van der Waals surface area contributed by atoms with Gasteiger partial charge in [0.15, 0.2) is 22.9 Å². The van der Waals surface area contributed by atoms with Crippen molar-refractivity contribution < 1.29 is 38.5 Å². The van der Waals surface area contributed by atoms with Crippen molar-refractivity contribution in [3.05, 3.63) is 60.3 Å². The lowest BCUT2D eigenvalue weighted by molar-refractivity contribution is -0.139. The third kappa shape index (κ3) is 8.00. The molecule has 7 N–H and O–H groups in total. The van der Waals surface area contributed by atoms with Gasteiger partial charge >= 0.3 is 11.9 Å². The summed E-state index contributed by atoms with van der Waals surface area (Å²) in [5, 5.41) is 24.7. The second-order valence-corrected chi connectivity index (χ2v) is 6.97. The predicted octanol–water partition coefficient (Wildman–Crippen LogP) is 1.66. The Balaban J connectivity index is 0.000000208. The number of para-hydroxylation sites is 4. The van der Waals surface area contributed by atoms with Crippen molar-refractivity contribution in [2.24, 2.45) is 11.5 Å². The molecule has 0 unspecified atom stereocenters. The van der Waals surface area contributed by atoms with Crippen molar-refractivity contribution in [1.82, 2.24) is 9.97 Å². The Bertz CT molecular complexity index is 1100. The van der Waals surface area contributed by atoms with Crippen LogP contribution in [0.3, 0.4) is 0 Å². The number of hydrogen-bond acceptors (Lipinski definition) is 9. The fourth-order valence-electron chi connectivity index (χ4n) is 2.57. The number of aliphatic carboxylic acids is 3. The second-order valence-electron chi connectivity index (χ2n) is 6.97. The van der Waals surface area contributed by atoms with Crippen LogP contribution >= 0.6 is 0 Å². The van der Waals surface area contributed by atoms with Crippen LogP contribution < -0.4 is 11.5 Å². The Morgan fingerprint density at radius 3 is 1.38 bits per heavy atom. The summed E-state index contributed by atoms with van der Waals surface area (Å²) in [7, 11) is 0. The SMILES string of the molecule is CC(=O)O.N[C@H](Cc1nc2ccccc2o1)C(=O)O.N[C@H](Cc1nc2ccccc2o1)C(=O)O. The topological polar surface area (TPSA) is 216 Å². The number of rotatable bonds is 6. The van der Waals surface area contributed by atoms with Crippen LogP contribution in [-0.2, 0) is 27.2 Å². The van der Waals surface area contributed by atoms with Gasteiger partial charge < -0.3 is 35.6 Å². The van der Waals surface area contributed by atoms with Crippen LogP contribution in [0.4, 0.5) is 0 Å². The van der Waals surface area contributed by atoms with Gasteiger partial charge in [0.1, 0.15) is 23.1 Å². The molecule has 0 radical (unpaired) electrons. The number of hydrogen-bond donors (Lipinski definition) is 5. The largest absolute Gasteiger partial charge is 0.481 e. The monoisotopic (exact) mass is 472 g/mol. The van der Waals surface area contributed by atoms with E-state index in [-0.39, 0.29) is 12.8 Å². The molecule has 0 spiro atoms. The minimum absolute atomic E-state index is 0.101. The Kier molecular flexibility index (Phi) is 9.23. The second kappa shape index (κ2) is 12.1. The number of benzene rings is 2. The van der Waals surface area contributed by atoms with Crippen LogP contribution in [-0.4, -0.2) is 55.3 Å². The highest BCUT2D eigenvalue weighted by Crippen LogP contribution is 2.16. The summed E-state index contributed by atoms with van der Waals surface area (Å²) < 4.78 is 10.7. The molecule has 12 heteroatoms. The fourth-order valence-corrected chi connectivity index (χ4v) is 2.57. The van der Waals surface area contributed by atoms with Gasteiger partial charge in [-0.3, -0.25) is 14.4 Å². The van der Waals surface area contributed by atoms with Crippen LogP contribution in [0.15, 0.2) is 57.4 Å². The van der Waals surface area contributed by atoms with Crippen molar-refractivity contribution in [2.45, 2.75) is 31.8 Å². The number of nitrogens with zero attached hydrogens (tertiary/aromatic N) is 2. The van der Waals surface area contributed by atoms with Crippen molar-refractivity contribution in [1.29, 1.82) is 0 Å². The average molecular weight is 472 g/mol.